The van der Waals surface area contributed by atoms with Gasteiger partial charge in [-0.05, 0) is 6.08 Å². The van der Waals surface area contributed by atoms with E-state index >= 15 is 0 Å². The quantitative estimate of drug-likeness (QED) is 0.292. The molecule has 0 aromatic heterocycles. The van der Waals surface area contributed by atoms with Crippen LogP contribution in [0.2, 0.25) is 0 Å². The second-order valence-corrected chi connectivity index (χ2v) is 0.926. The van der Waals surface area contributed by atoms with E-state index in [9.17, 15) is 0 Å². The molecule has 0 spiro atoms. The lowest BCUT2D eigenvalue weighted by molar-refractivity contribution is -0.297. The normalized spacial score (nSPS) is 5.60. The molecule has 4 nitrogen and oxygen atoms in total. The van der Waals surface area contributed by atoms with E-state index in [0.717, 1.165) is 12.3 Å². The summed E-state index contributed by atoms with van der Waals surface area (Å²) in [5.74, 6) is -1.23. The molecule has 0 heterocycles. The van der Waals surface area contributed by atoms with Crippen LogP contribution in [0.25, 0.3) is 0 Å². The Morgan fingerprint density at radius 2 is 2.00 bits per heavy atom. The van der Waals surface area contributed by atoms with Crippen molar-refractivity contribution in [2.75, 3.05) is 0 Å². The van der Waals surface area contributed by atoms with Crippen molar-refractivity contribution in [3.05, 3.63) is 25.4 Å². The Kier molecular flexibility index (Phi) is 11.5. The lowest BCUT2D eigenvalue weighted by Crippen LogP contribution is -2.17. The van der Waals surface area contributed by atoms with E-state index in [0.29, 0.717) is 0 Å². The van der Waals surface area contributed by atoms with Crippen LogP contribution in [0.1, 0.15) is 0 Å². The summed E-state index contributed by atoms with van der Waals surface area (Å²) in [5, 5.41) is 9.14. The van der Waals surface area contributed by atoms with E-state index in [1.165, 1.54) is 6.08 Å². The van der Waals surface area contributed by atoms with Crippen molar-refractivity contribution < 1.29 is 14.7 Å². The molecule has 0 rings (SSSR count). The standard InChI is InChI=1S/C3H3NO.C3H4O2/c1-2-4-3-5;1-2-3(4)5/h2H,1H2;2H,1H2,(H,4,5)/p-1. The van der Waals surface area contributed by atoms with Gasteiger partial charge < -0.3 is 9.90 Å². The van der Waals surface area contributed by atoms with Crippen molar-refractivity contribution in [3.8, 4) is 0 Å². The Hall–Kier alpha value is -1.67. The third-order valence-electron chi connectivity index (χ3n) is 0.311. The van der Waals surface area contributed by atoms with Crippen molar-refractivity contribution >= 4 is 12.0 Å². The van der Waals surface area contributed by atoms with Gasteiger partial charge in [-0.1, -0.05) is 13.2 Å². The van der Waals surface area contributed by atoms with Crippen molar-refractivity contribution in [3.63, 3.8) is 0 Å². The Bertz CT molecular complexity index is 162. The zero-order chi connectivity index (χ0) is 8.41. The van der Waals surface area contributed by atoms with E-state index in [-0.39, 0.29) is 0 Å². The molecule has 0 aromatic rings. The van der Waals surface area contributed by atoms with Gasteiger partial charge >= 0.3 is 0 Å². The number of aliphatic carboxylic acids is 1. The fourth-order valence-corrected chi connectivity index (χ4v) is 0.0373. The predicted octanol–water partition coefficient (Wildman–Crippen LogP) is -0.612. The molecule has 0 amide bonds. The highest BCUT2D eigenvalue weighted by Gasteiger charge is 1.55. The van der Waals surface area contributed by atoms with E-state index in [4.69, 9.17) is 14.7 Å². The van der Waals surface area contributed by atoms with Gasteiger partial charge in [-0.25, -0.2) is 4.79 Å². The first-order valence-corrected chi connectivity index (χ1v) is 2.20. The van der Waals surface area contributed by atoms with Gasteiger partial charge in [0.15, 0.2) is 0 Å². The molecule has 0 bridgehead atoms. The largest absolute Gasteiger partial charge is 0.545 e. The minimum absolute atomic E-state index is 0.722. The van der Waals surface area contributed by atoms with Crippen molar-refractivity contribution in [2.45, 2.75) is 0 Å². The van der Waals surface area contributed by atoms with Crippen molar-refractivity contribution in [1.29, 1.82) is 0 Å². The summed E-state index contributed by atoms with van der Waals surface area (Å²) in [6, 6.07) is 0. The first-order valence-electron chi connectivity index (χ1n) is 2.20. The zero-order valence-electron chi connectivity index (χ0n) is 5.24. The molecule has 0 radical (unpaired) electrons. The van der Waals surface area contributed by atoms with Crippen LogP contribution >= 0.6 is 0 Å². The summed E-state index contributed by atoms with van der Waals surface area (Å²) in [7, 11) is 0. The molecule has 4 heteroatoms. The smallest absolute Gasteiger partial charge is 0.239 e. The van der Waals surface area contributed by atoms with Crippen LogP contribution in [-0.2, 0) is 9.59 Å². The molecule has 0 aliphatic heterocycles. The Morgan fingerprint density at radius 3 is 2.00 bits per heavy atom. The molecule has 0 aliphatic rings. The number of aliphatic imine (C=N–C) groups is 1. The summed E-state index contributed by atoms with van der Waals surface area (Å²) in [5.41, 5.74) is 0. The number of hydrogen-bond acceptors (Lipinski definition) is 4. The molecule has 54 valence electrons. The molecule has 0 N–H and O–H groups in total. The third kappa shape index (κ3) is 33.1. The fraction of sp³-hybridized carbons (Fsp3) is 0. The van der Waals surface area contributed by atoms with Crippen molar-refractivity contribution in [1.82, 2.24) is 0 Å². The number of carbonyl (C=O) groups is 1. The number of carbonyl (C=O) groups excluding carboxylic acids is 2. The Morgan fingerprint density at radius 1 is 1.60 bits per heavy atom. The first-order chi connectivity index (χ1) is 4.68. The molecule has 0 unspecified atom stereocenters. The Labute approximate surface area is 58.2 Å². The number of hydrogen-bond donors (Lipinski definition) is 0. The maximum absolute atomic E-state index is 9.14. The third-order valence-corrected chi connectivity index (χ3v) is 0.311. The summed E-state index contributed by atoms with van der Waals surface area (Å²) in [4.78, 5) is 21.1. The van der Waals surface area contributed by atoms with Gasteiger partial charge in [0.2, 0.25) is 6.08 Å². The number of carboxylic acids is 1. The predicted molar refractivity (Wildman–Crippen MR) is 33.5 cm³/mol. The molecule has 0 saturated carbocycles. The van der Waals surface area contributed by atoms with Gasteiger partial charge in [0.25, 0.3) is 0 Å². The van der Waals surface area contributed by atoms with Crippen LogP contribution in [0, 0.1) is 0 Å². The number of carboxylic acid groups (broad SMARTS) is 1. The van der Waals surface area contributed by atoms with Gasteiger partial charge in [-0.3, -0.25) is 0 Å². The monoisotopic (exact) mass is 140 g/mol. The topological polar surface area (TPSA) is 69.6 Å². The van der Waals surface area contributed by atoms with Crippen LogP contribution in [0.4, 0.5) is 0 Å². The maximum atomic E-state index is 9.14. The molecule has 0 fully saturated rings. The van der Waals surface area contributed by atoms with Crippen LogP contribution in [-0.4, -0.2) is 12.0 Å². The molecular formula is C6H6NO3-. The number of isocyanates is 1. The lowest BCUT2D eigenvalue weighted by atomic mass is 10.7. The highest BCUT2D eigenvalue weighted by Crippen LogP contribution is 1.52. The van der Waals surface area contributed by atoms with Gasteiger partial charge in [0.1, 0.15) is 0 Å². The summed E-state index contributed by atoms with van der Waals surface area (Å²) >= 11 is 0. The first kappa shape index (κ1) is 11.2. The average Bonchev–Trinajstić information content (AvgIpc) is 1.91. The summed E-state index contributed by atoms with van der Waals surface area (Å²) < 4.78 is 0. The number of rotatable bonds is 2. The van der Waals surface area contributed by atoms with Gasteiger partial charge in [0.05, 0.1) is 5.97 Å². The zero-order valence-corrected chi connectivity index (χ0v) is 5.24. The molecule has 0 aliphatic carbocycles. The van der Waals surface area contributed by atoms with Gasteiger partial charge in [-0.2, -0.15) is 4.99 Å². The molecule has 0 saturated heterocycles. The summed E-state index contributed by atoms with van der Waals surface area (Å²) in [6.45, 7) is 6.02. The second kappa shape index (κ2) is 10.3. The van der Waals surface area contributed by atoms with Crippen LogP contribution in [0.5, 0.6) is 0 Å². The molecule has 10 heavy (non-hydrogen) atoms. The molecule has 0 atom stereocenters. The number of nitrogens with zero attached hydrogens (tertiary/aromatic N) is 1. The van der Waals surface area contributed by atoms with Crippen LogP contribution < -0.4 is 5.11 Å². The molecular weight excluding hydrogens is 134 g/mol. The van der Waals surface area contributed by atoms with E-state index in [1.54, 1.807) is 0 Å². The fourth-order valence-electron chi connectivity index (χ4n) is 0.0373. The SMILES string of the molecule is C=CC(=O)[O-].C=CN=C=O. The van der Waals surface area contributed by atoms with E-state index in [2.05, 4.69) is 18.2 Å². The van der Waals surface area contributed by atoms with Crippen LogP contribution in [0.3, 0.4) is 0 Å². The van der Waals surface area contributed by atoms with E-state index in [1.807, 2.05) is 0 Å². The van der Waals surface area contributed by atoms with Crippen molar-refractivity contribution in [2.24, 2.45) is 4.99 Å². The van der Waals surface area contributed by atoms with Gasteiger partial charge in [0, 0.05) is 6.20 Å². The average molecular weight is 140 g/mol. The second-order valence-electron chi connectivity index (χ2n) is 0.926. The highest BCUT2D eigenvalue weighted by molar-refractivity contribution is 5.76. The van der Waals surface area contributed by atoms with E-state index < -0.39 is 5.97 Å². The lowest BCUT2D eigenvalue weighted by Gasteiger charge is -1.81. The minimum atomic E-state index is -1.23. The Balaban J connectivity index is 0. The van der Waals surface area contributed by atoms with Gasteiger partial charge in [-0.15, -0.1) is 0 Å². The molecule has 0 aromatic carbocycles. The maximum Gasteiger partial charge on any atom is 0.239 e. The minimum Gasteiger partial charge on any atom is -0.545 e. The summed E-state index contributed by atoms with van der Waals surface area (Å²) in [6.07, 6.45) is 3.13. The van der Waals surface area contributed by atoms with Crippen LogP contribution in [0.15, 0.2) is 30.4 Å². The highest BCUT2D eigenvalue weighted by atomic mass is 16.4.